The minimum absolute atomic E-state index is 0.174. The lowest BCUT2D eigenvalue weighted by Gasteiger charge is -2.32. The first-order valence-electron chi connectivity index (χ1n) is 8.07. The number of hydrogen-bond donors (Lipinski definition) is 0. The first kappa shape index (κ1) is 15.4. The molecule has 2 heterocycles. The summed E-state index contributed by atoms with van der Waals surface area (Å²) in [5.74, 6) is -0.357. The topological polar surface area (TPSA) is 40.6 Å². The minimum Gasteiger partial charge on any atom is -0.287 e. The third-order valence-electron chi connectivity index (χ3n) is 4.82. The van der Waals surface area contributed by atoms with Gasteiger partial charge in [0.25, 0.3) is 5.91 Å². The van der Waals surface area contributed by atoms with Crippen LogP contribution in [0.5, 0.6) is 0 Å². The van der Waals surface area contributed by atoms with Crippen molar-refractivity contribution in [1.29, 1.82) is 0 Å². The average Bonchev–Trinajstić information content (AvgIpc) is 2.90. The van der Waals surface area contributed by atoms with Gasteiger partial charge in [-0.25, -0.2) is 4.90 Å². The quantitative estimate of drug-likeness (QED) is 0.789. The second kappa shape index (κ2) is 6.04. The number of imide groups is 1. The summed E-state index contributed by atoms with van der Waals surface area (Å²) < 4.78 is 0. The van der Waals surface area contributed by atoms with Crippen molar-refractivity contribution < 1.29 is 9.59 Å². The predicted molar refractivity (Wildman–Crippen MR) is 92.9 cm³/mol. The van der Waals surface area contributed by atoms with Gasteiger partial charge in [-0.15, -0.1) is 0 Å². The van der Waals surface area contributed by atoms with Gasteiger partial charge in [-0.3, -0.25) is 14.5 Å². The number of amides is 2. The lowest BCUT2D eigenvalue weighted by molar-refractivity contribution is -0.123. The Labute approximate surface area is 145 Å². The number of nitrogens with zero attached hydrogens (tertiary/aromatic N) is 2. The fourth-order valence-electron chi connectivity index (χ4n) is 3.57. The summed E-state index contributed by atoms with van der Waals surface area (Å²) in [4.78, 5) is 28.7. The first-order valence-corrected chi connectivity index (χ1v) is 8.45. The van der Waals surface area contributed by atoms with Crippen LogP contribution in [0.15, 0.2) is 48.5 Å². The van der Waals surface area contributed by atoms with E-state index in [4.69, 9.17) is 11.6 Å². The summed E-state index contributed by atoms with van der Waals surface area (Å²) in [6, 6.07) is 14.9. The number of anilines is 1. The molecule has 4 rings (SSSR count). The van der Waals surface area contributed by atoms with Crippen molar-refractivity contribution in [2.24, 2.45) is 0 Å². The van der Waals surface area contributed by atoms with Crippen molar-refractivity contribution in [2.45, 2.75) is 25.4 Å². The zero-order chi connectivity index (χ0) is 16.7. The van der Waals surface area contributed by atoms with Gasteiger partial charge in [0.1, 0.15) is 0 Å². The lowest BCUT2D eigenvalue weighted by atomic mass is 9.98. The van der Waals surface area contributed by atoms with Crippen LogP contribution >= 0.6 is 11.6 Å². The molecule has 2 aliphatic rings. The molecule has 0 saturated carbocycles. The molecule has 5 heteroatoms. The van der Waals surface area contributed by atoms with Gasteiger partial charge in [-0.1, -0.05) is 48.0 Å². The van der Waals surface area contributed by atoms with Crippen LogP contribution in [0.4, 0.5) is 5.69 Å². The lowest BCUT2D eigenvalue weighted by Crippen LogP contribution is -2.44. The molecule has 0 N–H and O–H groups in total. The normalized spacial score (nSPS) is 21.2. The van der Waals surface area contributed by atoms with Crippen molar-refractivity contribution in [1.82, 2.24) is 4.90 Å². The summed E-state index contributed by atoms with van der Waals surface area (Å²) in [7, 11) is 0. The summed E-state index contributed by atoms with van der Waals surface area (Å²) in [6.45, 7) is 1.49. The fraction of sp³-hybridized carbons (Fsp3) is 0.263. The monoisotopic (exact) mass is 340 g/mol. The number of rotatable bonds is 2. The Morgan fingerprint density at radius 3 is 2.46 bits per heavy atom. The van der Waals surface area contributed by atoms with Gasteiger partial charge in [0.15, 0.2) is 0 Å². The highest BCUT2D eigenvalue weighted by atomic mass is 35.5. The van der Waals surface area contributed by atoms with Gasteiger partial charge < -0.3 is 0 Å². The third-order valence-corrected chi connectivity index (χ3v) is 5.14. The van der Waals surface area contributed by atoms with E-state index in [1.807, 2.05) is 12.1 Å². The molecule has 24 heavy (non-hydrogen) atoms. The molecule has 2 aromatic rings. The molecule has 122 valence electrons. The average molecular weight is 341 g/mol. The zero-order valence-electron chi connectivity index (χ0n) is 13.1. The Bertz CT molecular complexity index is 821. The number of para-hydroxylation sites is 1. The largest absolute Gasteiger partial charge is 0.287 e. The Hall–Kier alpha value is -2.17. The minimum atomic E-state index is -0.401. The molecule has 0 aromatic heterocycles. The highest BCUT2D eigenvalue weighted by Crippen LogP contribution is 2.32. The molecule has 1 fully saturated rings. The van der Waals surface area contributed by atoms with Gasteiger partial charge in [-0.05, 0) is 29.7 Å². The highest BCUT2D eigenvalue weighted by molar-refractivity contribution is 6.36. The van der Waals surface area contributed by atoms with Gasteiger partial charge in [-0.2, -0.15) is 0 Å². The van der Waals surface area contributed by atoms with Gasteiger partial charge in [0.05, 0.1) is 23.2 Å². The van der Waals surface area contributed by atoms with Gasteiger partial charge >= 0.3 is 0 Å². The van der Waals surface area contributed by atoms with E-state index in [2.05, 4.69) is 17.0 Å². The van der Waals surface area contributed by atoms with Crippen LogP contribution in [-0.2, 0) is 22.6 Å². The highest BCUT2D eigenvalue weighted by Gasteiger charge is 2.43. The molecule has 1 saturated heterocycles. The summed E-state index contributed by atoms with van der Waals surface area (Å²) >= 11 is 6.18. The Kier molecular flexibility index (Phi) is 3.87. The van der Waals surface area contributed by atoms with Gasteiger partial charge in [0, 0.05) is 13.1 Å². The third kappa shape index (κ3) is 2.52. The molecule has 0 radical (unpaired) electrons. The number of carbonyl (C=O) groups is 2. The van der Waals surface area contributed by atoms with Crippen LogP contribution in [-0.4, -0.2) is 29.3 Å². The molecular weight excluding hydrogens is 324 g/mol. The predicted octanol–water partition coefficient (Wildman–Crippen LogP) is 3.03. The maximum atomic E-state index is 12.9. The van der Waals surface area contributed by atoms with Crippen LogP contribution in [0.1, 0.15) is 17.5 Å². The van der Waals surface area contributed by atoms with E-state index in [-0.39, 0.29) is 18.2 Å². The molecular formula is C19H17ClN2O2. The zero-order valence-corrected chi connectivity index (χ0v) is 13.9. The molecule has 1 unspecified atom stereocenters. The van der Waals surface area contributed by atoms with Crippen molar-refractivity contribution in [3.63, 3.8) is 0 Å². The van der Waals surface area contributed by atoms with E-state index in [0.29, 0.717) is 17.3 Å². The van der Waals surface area contributed by atoms with E-state index in [0.717, 1.165) is 13.0 Å². The van der Waals surface area contributed by atoms with Crippen molar-refractivity contribution in [3.05, 3.63) is 64.7 Å². The Morgan fingerprint density at radius 1 is 0.958 bits per heavy atom. The molecule has 4 nitrogen and oxygen atoms in total. The molecule has 2 amide bonds. The molecule has 0 spiro atoms. The van der Waals surface area contributed by atoms with Crippen LogP contribution in [0.25, 0.3) is 0 Å². The van der Waals surface area contributed by atoms with E-state index < -0.39 is 6.04 Å². The van der Waals surface area contributed by atoms with Crippen molar-refractivity contribution >= 4 is 29.1 Å². The van der Waals surface area contributed by atoms with Crippen LogP contribution in [0, 0.1) is 0 Å². The summed E-state index contributed by atoms with van der Waals surface area (Å²) in [5.41, 5.74) is 3.04. The van der Waals surface area contributed by atoms with E-state index >= 15 is 0 Å². The Balaban J connectivity index is 1.60. The summed E-state index contributed by atoms with van der Waals surface area (Å²) in [6.07, 6.45) is 1.12. The van der Waals surface area contributed by atoms with E-state index in [1.165, 1.54) is 16.0 Å². The number of benzene rings is 2. The van der Waals surface area contributed by atoms with Crippen LogP contribution < -0.4 is 4.90 Å². The molecule has 0 bridgehead atoms. The summed E-state index contributed by atoms with van der Waals surface area (Å²) in [5, 5.41) is 0.420. The number of fused-ring (bicyclic) bond motifs is 1. The molecule has 2 aliphatic heterocycles. The SMILES string of the molecule is O=C1CC(N2CCc3ccccc3C2)C(=O)N1c1ccccc1Cl. The van der Waals surface area contributed by atoms with Gasteiger partial charge in [0.2, 0.25) is 5.91 Å². The molecule has 2 aromatic carbocycles. The van der Waals surface area contributed by atoms with Crippen LogP contribution in [0.3, 0.4) is 0 Å². The molecule has 1 atom stereocenters. The standard InChI is InChI=1S/C19H17ClN2O2/c20-15-7-3-4-8-16(15)22-18(23)11-17(19(22)24)21-10-9-13-5-1-2-6-14(13)12-21/h1-8,17H,9-12H2. The smallest absolute Gasteiger partial charge is 0.251 e. The maximum Gasteiger partial charge on any atom is 0.251 e. The van der Waals surface area contributed by atoms with Crippen molar-refractivity contribution in [2.75, 3.05) is 11.4 Å². The number of halogens is 1. The number of hydrogen-bond acceptors (Lipinski definition) is 3. The molecule has 0 aliphatic carbocycles. The number of carbonyl (C=O) groups excluding carboxylic acids is 2. The van der Waals surface area contributed by atoms with E-state index in [1.54, 1.807) is 24.3 Å². The maximum absolute atomic E-state index is 12.9. The fourth-order valence-corrected chi connectivity index (χ4v) is 3.79. The second-order valence-corrected chi connectivity index (χ2v) is 6.64. The first-order chi connectivity index (χ1) is 11.6. The van der Waals surface area contributed by atoms with Crippen LogP contribution in [0.2, 0.25) is 5.02 Å². The van der Waals surface area contributed by atoms with Crippen molar-refractivity contribution in [3.8, 4) is 0 Å². The Morgan fingerprint density at radius 2 is 1.67 bits per heavy atom. The second-order valence-electron chi connectivity index (χ2n) is 6.23. The van der Waals surface area contributed by atoms with E-state index in [9.17, 15) is 9.59 Å².